The summed E-state index contributed by atoms with van der Waals surface area (Å²) in [5, 5.41) is 0. The lowest BCUT2D eigenvalue weighted by atomic mass is 9.97. The third-order valence-corrected chi connectivity index (χ3v) is 3.17. The third-order valence-electron chi connectivity index (χ3n) is 3.17. The zero-order valence-corrected chi connectivity index (χ0v) is 9.39. The monoisotopic (exact) mass is 205 g/mol. The standard InChI is InChI=1S/C11H21F2N/c1-4-5-9(2)14-7-6-11(12,13)8-10(14)3/h9-10H,4-8H2,1-3H3. The van der Waals surface area contributed by atoms with Crippen LogP contribution < -0.4 is 0 Å². The Morgan fingerprint density at radius 2 is 2.14 bits per heavy atom. The topological polar surface area (TPSA) is 3.24 Å². The van der Waals surface area contributed by atoms with Crippen molar-refractivity contribution in [2.75, 3.05) is 6.54 Å². The van der Waals surface area contributed by atoms with E-state index in [4.69, 9.17) is 0 Å². The molecule has 0 aromatic carbocycles. The number of hydrogen-bond acceptors (Lipinski definition) is 1. The molecule has 0 spiro atoms. The second-order valence-corrected chi connectivity index (χ2v) is 4.53. The second kappa shape index (κ2) is 4.56. The molecule has 1 aliphatic heterocycles. The fourth-order valence-corrected chi connectivity index (χ4v) is 2.40. The molecular formula is C11H21F2N. The smallest absolute Gasteiger partial charge is 0.250 e. The summed E-state index contributed by atoms with van der Waals surface area (Å²) in [7, 11) is 0. The van der Waals surface area contributed by atoms with Crippen LogP contribution in [-0.4, -0.2) is 29.5 Å². The van der Waals surface area contributed by atoms with Crippen molar-refractivity contribution in [2.45, 2.75) is 64.5 Å². The van der Waals surface area contributed by atoms with Crippen LogP contribution in [0.1, 0.15) is 46.5 Å². The van der Waals surface area contributed by atoms with Crippen LogP contribution in [-0.2, 0) is 0 Å². The van der Waals surface area contributed by atoms with Crippen molar-refractivity contribution in [1.82, 2.24) is 4.90 Å². The van der Waals surface area contributed by atoms with Gasteiger partial charge in [0.2, 0.25) is 0 Å². The molecule has 0 N–H and O–H groups in total. The average molecular weight is 205 g/mol. The Kier molecular flexibility index (Phi) is 3.87. The molecule has 1 saturated heterocycles. The molecule has 3 heteroatoms. The van der Waals surface area contributed by atoms with Crippen molar-refractivity contribution < 1.29 is 8.78 Å². The van der Waals surface area contributed by atoms with E-state index in [0.717, 1.165) is 12.8 Å². The van der Waals surface area contributed by atoms with Crippen LogP contribution in [0, 0.1) is 0 Å². The van der Waals surface area contributed by atoms with Crippen molar-refractivity contribution in [2.24, 2.45) is 0 Å². The third kappa shape index (κ3) is 2.91. The number of rotatable bonds is 3. The minimum absolute atomic E-state index is 0.0281. The molecule has 0 aromatic heterocycles. The lowest BCUT2D eigenvalue weighted by Gasteiger charge is -2.41. The Hall–Kier alpha value is -0.180. The Balaban J connectivity index is 2.49. The molecule has 1 fully saturated rings. The van der Waals surface area contributed by atoms with E-state index in [1.165, 1.54) is 0 Å². The van der Waals surface area contributed by atoms with Crippen molar-refractivity contribution in [3.63, 3.8) is 0 Å². The Bertz CT molecular complexity index is 182. The van der Waals surface area contributed by atoms with E-state index in [2.05, 4.69) is 18.7 Å². The van der Waals surface area contributed by atoms with E-state index in [9.17, 15) is 8.78 Å². The minimum Gasteiger partial charge on any atom is -0.298 e. The maximum Gasteiger partial charge on any atom is 0.250 e. The van der Waals surface area contributed by atoms with Gasteiger partial charge in [0.1, 0.15) is 0 Å². The van der Waals surface area contributed by atoms with Gasteiger partial charge in [-0.25, -0.2) is 8.78 Å². The van der Waals surface area contributed by atoms with Gasteiger partial charge in [-0.3, -0.25) is 4.90 Å². The van der Waals surface area contributed by atoms with E-state index in [-0.39, 0.29) is 18.9 Å². The van der Waals surface area contributed by atoms with Gasteiger partial charge >= 0.3 is 0 Å². The Labute approximate surface area is 85.5 Å². The van der Waals surface area contributed by atoms with Crippen molar-refractivity contribution in [3.8, 4) is 0 Å². The van der Waals surface area contributed by atoms with Crippen LogP contribution in [0.5, 0.6) is 0 Å². The summed E-state index contributed by atoms with van der Waals surface area (Å²) in [5.41, 5.74) is 0. The first-order valence-corrected chi connectivity index (χ1v) is 5.60. The van der Waals surface area contributed by atoms with E-state index in [1.807, 2.05) is 6.92 Å². The molecule has 14 heavy (non-hydrogen) atoms. The van der Waals surface area contributed by atoms with Crippen LogP contribution in [0.4, 0.5) is 8.78 Å². The average Bonchev–Trinajstić information content (AvgIpc) is 2.02. The van der Waals surface area contributed by atoms with Gasteiger partial charge in [0.25, 0.3) is 5.92 Å². The van der Waals surface area contributed by atoms with E-state index in [1.54, 1.807) is 0 Å². The molecule has 2 atom stereocenters. The summed E-state index contributed by atoms with van der Waals surface area (Å²) in [6.07, 6.45) is 2.29. The SMILES string of the molecule is CCCC(C)N1CCC(F)(F)CC1C. The molecule has 1 aliphatic rings. The molecule has 1 heterocycles. The highest BCUT2D eigenvalue weighted by Crippen LogP contribution is 2.33. The van der Waals surface area contributed by atoms with Gasteiger partial charge in [-0.1, -0.05) is 13.3 Å². The predicted octanol–water partition coefficient (Wildman–Crippen LogP) is 3.29. The lowest BCUT2D eigenvalue weighted by molar-refractivity contribution is -0.0832. The molecule has 1 nitrogen and oxygen atoms in total. The van der Waals surface area contributed by atoms with Gasteiger partial charge < -0.3 is 0 Å². The second-order valence-electron chi connectivity index (χ2n) is 4.53. The number of piperidine rings is 1. The normalized spacial score (nSPS) is 30.2. The number of nitrogens with zero attached hydrogens (tertiary/aromatic N) is 1. The molecule has 1 rings (SSSR count). The maximum absolute atomic E-state index is 13.1. The van der Waals surface area contributed by atoms with Gasteiger partial charge in [0.15, 0.2) is 0 Å². The van der Waals surface area contributed by atoms with Crippen LogP contribution in [0.3, 0.4) is 0 Å². The fourth-order valence-electron chi connectivity index (χ4n) is 2.40. The summed E-state index contributed by atoms with van der Waals surface area (Å²) in [4.78, 5) is 2.22. The van der Waals surface area contributed by atoms with Crippen LogP contribution in [0.15, 0.2) is 0 Å². The van der Waals surface area contributed by atoms with Crippen molar-refractivity contribution >= 4 is 0 Å². The van der Waals surface area contributed by atoms with Crippen molar-refractivity contribution in [3.05, 3.63) is 0 Å². The summed E-state index contributed by atoms with van der Waals surface area (Å²) in [6, 6.07) is 0.478. The van der Waals surface area contributed by atoms with Crippen LogP contribution in [0.2, 0.25) is 0 Å². The predicted molar refractivity (Wildman–Crippen MR) is 54.7 cm³/mol. The highest BCUT2D eigenvalue weighted by Gasteiger charge is 2.39. The molecule has 2 unspecified atom stereocenters. The fraction of sp³-hybridized carbons (Fsp3) is 1.00. The van der Waals surface area contributed by atoms with Crippen molar-refractivity contribution in [1.29, 1.82) is 0 Å². The molecule has 0 aliphatic carbocycles. The van der Waals surface area contributed by atoms with Gasteiger partial charge in [-0.2, -0.15) is 0 Å². The molecular weight excluding hydrogens is 184 g/mol. The zero-order valence-electron chi connectivity index (χ0n) is 9.39. The molecule has 84 valence electrons. The van der Waals surface area contributed by atoms with E-state index >= 15 is 0 Å². The Morgan fingerprint density at radius 1 is 1.50 bits per heavy atom. The molecule has 0 radical (unpaired) electrons. The highest BCUT2D eigenvalue weighted by atomic mass is 19.3. The number of likely N-dealkylation sites (tertiary alicyclic amines) is 1. The molecule has 0 bridgehead atoms. The number of hydrogen-bond donors (Lipinski definition) is 0. The largest absolute Gasteiger partial charge is 0.298 e. The zero-order chi connectivity index (χ0) is 10.8. The summed E-state index contributed by atoms with van der Waals surface area (Å²) >= 11 is 0. The number of alkyl halides is 2. The van der Waals surface area contributed by atoms with E-state index in [0.29, 0.717) is 12.6 Å². The molecule has 0 amide bonds. The minimum atomic E-state index is -2.43. The van der Waals surface area contributed by atoms with E-state index < -0.39 is 5.92 Å². The highest BCUT2D eigenvalue weighted by molar-refractivity contribution is 4.85. The summed E-state index contributed by atoms with van der Waals surface area (Å²) in [5.74, 6) is -2.43. The first-order valence-electron chi connectivity index (χ1n) is 5.60. The molecule has 0 aromatic rings. The lowest BCUT2D eigenvalue weighted by Crippen LogP contribution is -2.49. The van der Waals surface area contributed by atoms with Crippen LogP contribution in [0.25, 0.3) is 0 Å². The quantitative estimate of drug-likeness (QED) is 0.683. The maximum atomic E-state index is 13.1. The molecule has 0 saturated carbocycles. The number of halogens is 2. The summed E-state index contributed by atoms with van der Waals surface area (Å²) in [6.45, 7) is 6.75. The first kappa shape index (κ1) is 11.9. The van der Waals surface area contributed by atoms with Crippen LogP contribution >= 0.6 is 0 Å². The Morgan fingerprint density at radius 3 is 2.64 bits per heavy atom. The van der Waals surface area contributed by atoms with Gasteiger partial charge in [-0.15, -0.1) is 0 Å². The first-order chi connectivity index (χ1) is 6.46. The van der Waals surface area contributed by atoms with Gasteiger partial charge in [0, 0.05) is 31.5 Å². The van der Waals surface area contributed by atoms with Gasteiger partial charge in [0.05, 0.1) is 0 Å². The summed E-state index contributed by atoms with van der Waals surface area (Å²) < 4.78 is 26.1. The van der Waals surface area contributed by atoms with Gasteiger partial charge in [-0.05, 0) is 20.3 Å².